The summed E-state index contributed by atoms with van der Waals surface area (Å²) >= 11 is 6.11. The molecule has 18 heteroatoms. The van der Waals surface area contributed by atoms with Crippen LogP contribution < -0.4 is 21.8 Å². The minimum atomic E-state index is -4.65. The van der Waals surface area contributed by atoms with Gasteiger partial charge in [-0.25, -0.2) is 5.43 Å². The molecule has 14 nitrogen and oxygen atoms in total. The average molecular weight is 762 g/mol. The van der Waals surface area contributed by atoms with Gasteiger partial charge in [0.15, 0.2) is 5.76 Å². The molecule has 1 atom stereocenters. The van der Waals surface area contributed by atoms with Crippen LogP contribution in [0.5, 0.6) is 0 Å². The number of rotatable bonds is 13. The van der Waals surface area contributed by atoms with Crippen LogP contribution in [0.4, 0.5) is 18.9 Å². The van der Waals surface area contributed by atoms with Crippen molar-refractivity contribution in [1.82, 2.24) is 25.6 Å². The molecule has 4 rings (SSSR count). The third-order valence-corrected chi connectivity index (χ3v) is 9.08. The number of hydrogen-bond donors (Lipinski definition) is 6. The maximum Gasteiger partial charge on any atom is 0.416 e. The second-order valence-corrected chi connectivity index (χ2v) is 12.7. The standard InChI is InChI=1S/C35H43ClF3N9O5/c1-5-26(42-3)30(46-11-13-47(14-12-46)33(51)29(41)31(50)20(2)40)34(52)48(18-28(49)44-27-9-8-24(17-25(27)36)35(37,38)39)45-32(43-4)22-6-7-23-19-53-15-10-21(23)16-22/h6-9,16-17,32,40,42,45,50H,4-5,10-15,18-19,41H2,1-3H3,(H,44,49)/b30-26+,31-29+,40-20?. The number of hydrogen-bond acceptors (Lipinski definition) is 11. The van der Waals surface area contributed by atoms with Crippen LogP contribution in [-0.2, 0) is 38.3 Å². The van der Waals surface area contributed by atoms with Crippen molar-refractivity contribution in [3.05, 3.63) is 86.5 Å². The van der Waals surface area contributed by atoms with E-state index in [1.54, 1.807) is 18.0 Å². The van der Waals surface area contributed by atoms with Crippen molar-refractivity contribution in [2.45, 2.75) is 45.6 Å². The SMILES string of the molecule is C=NC(NN(CC(=O)Nc1ccc(C(F)(F)F)cc1Cl)C(=O)/C(=C(/CC)NC)N1CCN(C(=O)/C(N)=C(\O)C(C)=N)CC1)c1ccc2c(c1)CCOC2. The minimum absolute atomic E-state index is 0.0917. The highest BCUT2D eigenvalue weighted by atomic mass is 35.5. The molecule has 0 bridgehead atoms. The third-order valence-electron chi connectivity index (χ3n) is 8.77. The van der Waals surface area contributed by atoms with E-state index in [-0.39, 0.29) is 48.3 Å². The molecule has 2 aliphatic heterocycles. The summed E-state index contributed by atoms with van der Waals surface area (Å²) < 4.78 is 45.3. The smallest absolute Gasteiger partial charge is 0.416 e. The summed E-state index contributed by atoms with van der Waals surface area (Å²) in [4.78, 5) is 48.5. The van der Waals surface area contributed by atoms with Crippen LogP contribution in [0.1, 0.15) is 48.7 Å². The highest BCUT2D eigenvalue weighted by Gasteiger charge is 2.34. The Morgan fingerprint density at radius 2 is 1.81 bits per heavy atom. The topological polar surface area (TPSA) is 189 Å². The Hall–Kier alpha value is -5.13. The number of benzene rings is 2. The first kappa shape index (κ1) is 40.6. The number of anilines is 1. The third kappa shape index (κ3) is 9.85. The van der Waals surface area contributed by atoms with Crippen molar-refractivity contribution in [3.8, 4) is 0 Å². The van der Waals surface area contributed by atoms with Crippen LogP contribution in [0.3, 0.4) is 0 Å². The number of nitrogens with zero attached hydrogens (tertiary/aromatic N) is 4. The van der Waals surface area contributed by atoms with Crippen LogP contribution in [0, 0.1) is 5.41 Å². The number of aliphatic hydroxyl groups is 1. The van der Waals surface area contributed by atoms with Crippen molar-refractivity contribution in [2.75, 3.05) is 51.7 Å². The van der Waals surface area contributed by atoms with Crippen LogP contribution in [0.15, 0.2) is 64.2 Å². The largest absolute Gasteiger partial charge is 0.504 e. The number of carbonyl (C=O) groups excluding carboxylic acids is 3. The van der Waals surface area contributed by atoms with Gasteiger partial charge in [0, 0.05) is 38.9 Å². The first-order valence-electron chi connectivity index (χ1n) is 16.7. The first-order chi connectivity index (χ1) is 25.1. The summed E-state index contributed by atoms with van der Waals surface area (Å²) in [5.74, 6) is -2.71. The van der Waals surface area contributed by atoms with E-state index in [4.69, 9.17) is 27.5 Å². The molecule has 0 aliphatic carbocycles. The Morgan fingerprint density at radius 3 is 2.40 bits per heavy atom. The van der Waals surface area contributed by atoms with E-state index in [1.165, 1.54) is 11.8 Å². The molecule has 3 amide bonds. The van der Waals surface area contributed by atoms with Crippen LogP contribution in [0.2, 0.25) is 5.02 Å². The molecule has 0 saturated carbocycles. The summed E-state index contributed by atoms with van der Waals surface area (Å²) in [6.45, 7) is 7.73. The monoisotopic (exact) mass is 761 g/mol. The molecule has 7 N–H and O–H groups in total. The molecule has 0 radical (unpaired) electrons. The second kappa shape index (κ2) is 17.6. The normalized spacial score (nSPS) is 16.1. The molecule has 1 saturated heterocycles. The van der Waals surface area contributed by atoms with Gasteiger partial charge in [-0.2, -0.15) is 13.2 Å². The Bertz CT molecular complexity index is 1800. The zero-order valence-corrected chi connectivity index (χ0v) is 30.3. The number of aliphatic imine (C=N–C) groups is 1. The molecule has 53 heavy (non-hydrogen) atoms. The number of alkyl halides is 3. The lowest BCUT2D eigenvalue weighted by Crippen LogP contribution is -2.55. The number of ether oxygens (including phenoxy) is 1. The van der Waals surface area contributed by atoms with E-state index >= 15 is 0 Å². The number of fused-ring (bicyclic) bond motifs is 1. The fourth-order valence-electron chi connectivity index (χ4n) is 5.88. The van der Waals surface area contributed by atoms with Crippen molar-refractivity contribution in [1.29, 1.82) is 5.41 Å². The fraction of sp³-hybridized carbons (Fsp3) is 0.400. The predicted octanol–water partition coefficient (Wildman–Crippen LogP) is 3.86. The molecular formula is C35H43ClF3N9O5. The summed E-state index contributed by atoms with van der Waals surface area (Å²) in [6.07, 6.45) is -4.52. The maximum atomic E-state index is 14.7. The number of hydrazine groups is 1. The Labute approximate surface area is 310 Å². The highest BCUT2D eigenvalue weighted by Crippen LogP contribution is 2.34. The van der Waals surface area contributed by atoms with Crippen LogP contribution >= 0.6 is 11.6 Å². The minimum Gasteiger partial charge on any atom is -0.504 e. The molecule has 0 spiro atoms. The van der Waals surface area contributed by atoms with E-state index in [0.717, 1.165) is 28.3 Å². The lowest BCUT2D eigenvalue weighted by molar-refractivity contribution is -0.138. The quantitative estimate of drug-likeness (QED) is 0.0763. The predicted molar refractivity (Wildman–Crippen MR) is 194 cm³/mol. The molecule has 1 fully saturated rings. The lowest BCUT2D eigenvalue weighted by Gasteiger charge is -2.39. The van der Waals surface area contributed by atoms with Crippen molar-refractivity contribution >= 4 is 47.4 Å². The van der Waals surface area contributed by atoms with Gasteiger partial charge in [0.05, 0.1) is 35.2 Å². The van der Waals surface area contributed by atoms with Gasteiger partial charge in [-0.1, -0.05) is 36.7 Å². The molecule has 0 aromatic heterocycles. The number of amides is 3. The number of halogens is 4. The molecule has 286 valence electrons. The second-order valence-electron chi connectivity index (χ2n) is 12.3. The summed E-state index contributed by atoms with van der Waals surface area (Å²) in [7, 11) is 1.64. The first-order valence-corrected chi connectivity index (χ1v) is 17.1. The number of nitrogens with two attached hydrogens (primary N) is 1. The van der Waals surface area contributed by atoms with Gasteiger partial charge in [0.1, 0.15) is 24.1 Å². The molecule has 2 aromatic rings. The van der Waals surface area contributed by atoms with E-state index in [0.29, 0.717) is 43.4 Å². The maximum absolute atomic E-state index is 14.7. The zero-order valence-electron chi connectivity index (χ0n) is 29.6. The van der Waals surface area contributed by atoms with Crippen LogP contribution in [-0.4, -0.2) is 96.4 Å². The fourth-order valence-corrected chi connectivity index (χ4v) is 6.10. The summed E-state index contributed by atoms with van der Waals surface area (Å²) in [5, 5.41) is 23.9. The van der Waals surface area contributed by atoms with Gasteiger partial charge in [0.25, 0.3) is 11.8 Å². The van der Waals surface area contributed by atoms with Gasteiger partial charge in [0.2, 0.25) is 5.91 Å². The van der Waals surface area contributed by atoms with Crippen molar-refractivity contribution < 1.29 is 37.4 Å². The van der Waals surface area contributed by atoms with Gasteiger partial charge >= 0.3 is 6.18 Å². The van der Waals surface area contributed by atoms with E-state index in [9.17, 15) is 32.7 Å². The number of aliphatic hydroxyl groups excluding tert-OH is 1. The van der Waals surface area contributed by atoms with E-state index in [1.807, 2.05) is 19.1 Å². The Balaban J connectivity index is 1.66. The Kier molecular flexibility index (Phi) is 13.5. The number of nitrogens with one attached hydrogen (secondary N) is 4. The average Bonchev–Trinajstić information content (AvgIpc) is 3.14. The number of carbonyl (C=O) groups is 3. The molecule has 2 aliphatic rings. The van der Waals surface area contributed by atoms with Gasteiger partial charge in [-0.3, -0.25) is 24.4 Å². The lowest BCUT2D eigenvalue weighted by atomic mass is 9.99. The van der Waals surface area contributed by atoms with E-state index in [2.05, 4.69) is 27.8 Å². The van der Waals surface area contributed by atoms with Crippen LogP contribution in [0.25, 0.3) is 0 Å². The molecular weight excluding hydrogens is 719 g/mol. The molecule has 2 aromatic carbocycles. The van der Waals surface area contributed by atoms with E-state index < -0.39 is 53.6 Å². The van der Waals surface area contributed by atoms with Gasteiger partial charge in [-0.05, 0) is 61.4 Å². The Morgan fingerprint density at radius 1 is 1.13 bits per heavy atom. The zero-order chi connectivity index (χ0) is 39.0. The highest BCUT2D eigenvalue weighted by molar-refractivity contribution is 6.33. The summed E-state index contributed by atoms with van der Waals surface area (Å²) in [6, 6.07) is 8.12. The van der Waals surface area contributed by atoms with Gasteiger partial charge in [-0.15, -0.1) is 0 Å². The number of piperazine rings is 1. The van der Waals surface area contributed by atoms with Gasteiger partial charge < -0.3 is 41.4 Å². The molecule has 1 unspecified atom stereocenters. The van der Waals surface area contributed by atoms with Crippen molar-refractivity contribution in [2.24, 2.45) is 10.7 Å². The molecule has 2 heterocycles. The van der Waals surface area contributed by atoms with Crippen molar-refractivity contribution in [3.63, 3.8) is 0 Å². The summed E-state index contributed by atoms with van der Waals surface area (Å²) in [5.41, 5.74) is 10.4. The number of allylic oxidation sites excluding steroid dienone is 2.